The first kappa shape index (κ1) is 12.6. The second kappa shape index (κ2) is 5.67. The first-order valence-corrected chi connectivity index (χ1v) is 6.29. The van der Waals surface area contributed by atoms with Crippen LogP contribution >= 0.6 is 0 Å². The van der Waals surface area contributed by atoms with E-state index >= 15 is 0 Å². The van der Waals surface area contributed by atoms with Crippen LogP contribution in [0.5, 0.6) is 0 Å². The number of aliphatic carboxylic acids is 1. The van der Waals surface area contributed by atoms with Crippen molar-refractivity contribution < 1.29 is 14.7 Å². The summed E-state index contributed by atoms with van der Waals surface area (Å²) in [5.74, 6) is -0.913. The van der Waals surface area contributed by atoms with Crippen LogP contribution in [-0.4, -0.2) is 23.5 Å². The molecule has 0 aliphatic heterocycles. The number of rotatable bonds is 5. The molecule has 1 aromatic carbocycles. The Hall–Kier alpha value is -1.84. The van der Waals surface area contributed by atoms with E-state index < -0.39 is 5.97 Å². The lowest BCUT2D eigenvalue weighted by molar-refractivity contribution is -0.137. The maximum atomic E-state index is 12.0. The molecule has 2 N–H and O–H groups in total. The maximum Gasteiger partial charge on any atom is 0.303 e. The van der Waals surface area contributed by atoms with Crippen LogP contribution in [0.1, 0.15) is 40.7 Å². The van der Waals surface area contributed by atoms with E-state index in [2.05, 4.69) is 11.4 Å². The lowest BCUT2D eigenvalue weighted by Crippen LogP contribution is -2.25. The van der Waals surface area contributed by atoms with Gasteiger partial charge in [-0.15, -0.1) is 0 Å². The lowest BCUT2D eigenvalue weighted by atomic mass is 10.0. The van der Waals surface area contributed by atoms with Crippen molar-refractivity contribution in [2.24, 2.45) is 0 Å². The van der Waals surface area contributed by atoms with Gasteiger partial charge in [-0.25, -0.2) is 0 Å². The van der Waals surface area contributed by atoms with Crippen LogP contribution in [0, 0.1) is 0 Å². The fourth-order valence-corrected chi connectivity index (χ4v) is 2.37. The first-order valence-electron chi connectivity index (χ1n) is 6.29. The summed E-state index contributed by atoms with van der Waals surface area (Å²) in [5, 5.41) is 11.3. The Bertz CT molecular complexity index is 468. The number of carboxylic acid groups (broad SMARTS) is 1. The van der Waals surface area contributed by atoms with Crippen LogP contribution in [0.15, 0.2) is 18.2 Å². The summed E-state index contributed by atoms with van der Waals surface area (Å²) in [7, 11) is 0. The van der Waals surface area contributed by atoms with E-state index in [0.717, 1.165) is 30.4 Å². The highest BCUT2D eigenvalue weighted by Crippen LogP contribution is 2.25. The SMILES string of the molecule is O=C(O)CCCNC(=O)c1cccc2c1CCC2. The number of carbonyl (C=O) groups is 2. The van der Waals surface area contributed by atoms with Crippen LogP contribution in [0.4, 0.5) is 0 Å². The molecule has 96 valence electrons. The number of benzene rings is 1. The predicted molar refractivity (Wildman–Crippen MR) is 67.7 cm³/mol. The zero-order valence-corrected chi connectivity index (χ0v) is 10.2. The topological polar surface area (TPSA) is 66.4 Å². The summed E-state index contributed by atoms with van der Waals surface area (Å²) < 4.78 is 0. The molecule has 4 heteroatoms. The molecule has 2 rings (SSSR count). The van der Waals surface area contributed by atoms with Crippen molar-refractivity contribution in [3.05, 3.63) is 34.9 Å². The van der Waals surface area contributed by atoms with E-state index in [-0.39, 0.29) is 12.3 Å². The van der Waals surface area contributed by atoms with Crippen LogP contribution in [0.3, 0.4) is 0 Å². The molecule has 0 saturated heterocycles. The van der Waals surface area contributed by atoms with E-state index in [4.69, 9.17) is 5.11 Å². The summed E-state index contributed by atoms with van der Waals surface area (Å²) in [5.41, 5.74) is 3.18. The summed E-state index contributed by atoms with van der Waals surface area (Å²) in [6.07, 6.45) is 3.69. The standard InChI is InChI=1S/C14H17NO3/c16-13(17)8-3-9-15-14(18)12-7-2-5-10-4-1-6-11(10)12/h2,5,7H,1,3-4,6,8-9H2,(H,15,18)(H,16,17). The molecule has 0 unspecified atom stereocenters. The highest BCUT2D eigenvalue weighted by molar-refractivity contribution is 5.96. The third-order valence-corrected chi connectivity index (χ3v) is 3.24. The Balaban J connectivity index is 1.93. The van der Waals surface area contributed by atoms with Crippen LogP contribution in [0.2, 0.25) is 0 Å². The van der Waals surface area contributed by atoms with Crippen molar-refractivity contribution >= 4 is 11.9 Å². The van der Waals surface area contributed by atoms with Crippen LogP contribution in [0.25, 0.3) is 0 Å². The largest absolute Gasteiger partial charge is 0.481 e. The molecule has 0 saturated carbocycles. The monoisotopic (exact) mass is 247 g/mol. The zero-order valence-electron chi connectivity index (χ0n) is 10.2. The molecule has 4 nitrogen and oxygen atoms in total. The second-order valence-corrected chi connectivity index (χ2v) is 4.55. The highest BCUT2D eigenvalue weighted by Gasteiger charge is 2.18. The summed E-state index contributed by atoms with van der Waals surface area (Å²) in [4.78, 5) is 22.3. The number of hydrogen-bond donors (Lipinski definition) is 2. The molecular weight excluding hydrogens is 230 g/mol. The zero-order chi connectivity index (χ0) is 13.0. The average Bonchev–Trinajstić information content (AvgIpc) is 2.82. The van der Waals surface area contributed by atoms with Crippen LogP contribution in [-0.2, 0) is 17.6 Å². The van der Waals surface area contributed by atoms with E-state index in [9.17, 15) is 9.59 Å². The van der Waals surface area contributed by atoms with E-state index in [1.165, 1.54) is 5.56 Å². The molecule has 1 amide bonds. The maximum absolute atomic E-state index is 12.0. The smallest absolute Gasteiger partial charge is 0.303 e. The molecule has 0 bridgehead atoms. The van der Waals surface area contributed by atoms with Gasteiger partial charge in [-0.1, -0.05) is 12.1 Å². The van der Waals surface area contributed by atoms with Crippen molar-refractivity contribution in [3.63, 3.8) is 0 Å². The van der Waals surface area contributed by atoms with Gasteiger partial charge < -0.3 is 10.4 Å². The molecule has 0 heterocycles. The number of hydrogen-bond acceptors (Lipinski definition) is 2. The Kier molecular flexibility index (Phi) is 3.97. The highest BCUT2D eigenvalue weighted by atomic mass is 16.4. The van der Waals surface area contributed by atoms with Gasteiger partial charge in [-0.3, -0.25) is 9.59 Å². The van der Waals surface area contributed by atoms with Gasteiger partial charge in [-0.05, 0) is 42.9 Å². The van der Waals surface area contributed by atoms with Gasteiger partial charge in [0.2, 0.25) is 0 Å². The van der Waals surface area contributed by atoms with Gasteiger partial charge in [0.25, 0.3) is 5.91 Å². The Morgan fingerprint density at radius 3 is 2.89 bits per heavy atom. The number of aryl methyl sites for hydroxylation is 1. The number of nitrogens with one attached hydrogen (secondary N) is 1. The van der Waals surface area contributed by atoms with Gasteiger partial charge in [0.1, 0.15) is 0 Å². The summed E-state index contributed by atoms with van der Waals surface area (Å²) in [6.45, 7) is 0.412. The normalized spacial score (nSPS) is 13.1. The van der Waals surface area contributed by atoms with Crippen LogP contribution < -0.4 is 5.32 Å². The molecule has 0 fully saturated rings. The average molecular weight is 247 g/mol. The minimum Gasteiger partial charge on any atom is -0.481 e. The number of carbonyl (C=O) groups excluding carboxylic acids is 1. The molecule has 1 aliphatic rings. The predicted octanol–water partition coefficient (Wildman–Crippen LogP) is 1.77. The summed E-state index contributed by atoms with van der Waals surface area (Å²) in [6, 6.07) is 5.83. The van der Waals surface area contributed by atoms with Crippen molar-refractivity contribution in [1.82, 2.24) is 5.32 Å². The first-order chi connectivity index (χ1) is 8.68. The van der Waals surface area contributed by atoms with Gasteiger partial charge in [0.05, 0.1) is 0 Å². The number of fused-ring (bicyclic) bond motifs is 1. The van der Waals surface area contributed by atoms with E-state index in [1.54, 1.807) is 0 Å². The molecule has 0 radical (unpaired) electrons. The molecule has 18 heavy (non-hydrogen) atoms. The van der Waals surface area contributed by atoms with Crippen molar-refractivity contribution in [1.29, 1.82) is 0 Å². The third-order valence-electron chi connectivity index (χ3n) is 3.24. The van der Waals surface area contributed by atoms with Gasteiger partial charge >= 0.3 is 5.97 Å². The molecular formula is C14H17NO3. The molecule has 0 spiro atoms. The van der Waals surface area contributed by atoms with Gasteiger partial charge in [-0.2, -0.15) is 0 Å². The van der Waals surface area contributed by atoms with Crippen molar-refractivity contribution in [3.8, 4) is 0 Å². The minimum atomic E-state index is -0.829. The number of amides is 1. The van der Waals surface area contributed by atoms with Crippen molar-refractivity contribution in [2.75, 3.05) is 6.54 Å². The fraction of sp³-hybridized carbons (Fsp3) is 0.429. The third kappa shape index (κ3) is 2.88. The fourth-order valence-electron chi connectivity index (χ4n) is 2.37. The van der Waals surface area contributed by atoms with E-state index in [0.29, 0.717) is 13.0 Å². The quantitative estimate of drug-likeness (QED) is 0.779. The Morgan fingerprint density at radius 2 is 2.11 bits per heavy atom. The number of carboxylic acids is 1. The Labute approximate surface area is 106 Å². The Morgan fingerprint density at radius 1 is 1.28 bits per heavy atom. The lowest BCUT2D eigenvalue weighted by Gasteiger charge is -2.08. The second-order valence-electron chi connectivity index (χ2n) is 4.55. The molecule has 0 aromatic heterocycles. The van der Waals surface area contributed by atoms with E-state index in [1.807, 2.05) is 12.1 Å². The van der Waals surface area contributed by atoms with Crippen molar-refractivity contribution in [2.45, 2.75) is 32.1 Å². The van der Waals surface area contributed by atoms with Gasteiger partial charge in [0.15, 0.2) is 0 Å². The minimum absolute atomic E-state index is 0.0841. The molecule has 1 aromatic rings. The molecule has 1 aliphatic carbocycles. The van der Waals surface area contributed by atoms with Gasteiger partial charge in [0, 0.05) is 18.5 Å². The molecule has 0 atom stereocenters. The summed E-state index contributed by atoms with van der Waals surface area (Å²) >= 11 is 0.